The van der Waals surface area contributed by atoms with Crippen LogP contribution in [0.25, 0.3) is 5.69 Å². The van der Waals surface area contributed by atoms with Crippen LogP contribution >= 0.6 is 0 Å². The van der Waals surface area contributed by atoms with Gasteiger partial charge in [0.1, 0.15) is 0 Å². The number of hydrogen-bond donors (Lipinski definition) is 1. The molecule has 0 unspecified atom stereocenters. The van der Waals surface area contributed by atoms with E-state index in [9.17, 15) is 4.79 Å². The van der Waals surface area contributed by atoms with Gasteiger partial charge >= 0.3 is 0 Å². The lowest BCUT2D eigenvalue weighted by atomic mass is 10.1. The van der Waals surface area contributed by atoms with Crippen molar-refractivity contribution in [2.24, 2.45) is 5.92 Å². The van der Waals surface area contributed by atoms with Crippen molar-refractivity contribution < 1.29 is 4.79 Å². The van der Waals surface area contributed by atoms with E-state index in [4.69, 9.17) is 0 Å². The van der Waals surface area contributed by atoms with E-state index in [1.807, 2.05) is 30.3 Å². The number of benzene rings is 1. The van der Waals surface area contributed by atoms with Crippen LogP contribution in [0.4, 0.5) is 0 Å². The summed E-state index contributed by atoms with van der Waals surface area (Å²) in [6, 6.07) is 10.4. The van der Waals surface area contributed by atoms with Gasteiger partial charge < -0.3 is 10.2 Å². The maximum atomic E-state index is 12.2. The molecule has 0 radical (unpaired) electrons. The summed E-state index contributed by atoms with van der Waals surface area (Å²) in [5, 5.41) is 11.4. The van der Waals surface area contributed by atoms with Crippen molar-refractivity contribution in [1.29, 1.82) is 0 Å². The van der Waals surface area contributed by atoms with Crippen LogP contribution in [-0.4, -0.2) is 51.5 Å². The van der Waals surface area contributed by atoms with Crippen LogP contribution < -0.4 is 5.32 Å². The molecule has 6 heteroatoms. The van der Waals surface area contributed by atoms with Gasteiger partial charge in [-0.1, -0.05) is 18.2 Å². The fraction of sp³-hybridized carbons (Fsp3) is 0.471. The molecule has 120 valence electrons. The van der Waals surface area contributed by atoms with Crippen LogP contribution in [0.5, 0.6) is 0 Å². The Balaban J connectivity index is 1.32. The highest BCUT2D eigenvalue weighted by atomic mass is 16.2. The minimum absolute atomic E-state index is 0.142. The molecule has 1 aromatic carbocycles. The number of hydrogen-bond acceptors (Lipinski definition) is 4. The Bertz CT molecular complexity index is 679. The van der Waals surface area contributed by atoms with Crippen LogP contribution in [0.3, 0.4) is 0 Å². The van der Waals surface area contributed by atoms with Gasteiger partial charge in [0.05, 0.1) is 11.9 Å². The van der Waals surface area contributed by atoms with Crippen LogP contribution in [0.15, 0.2) is 36.5 Å². The third-order valence-corrected chi connectivity index (χ3v) is 4.64. The average molecular weight is 311 g/mol. The summed E-state index contributed by atoms with van der Waals surface area (Å²) in [4.78, 5) is 16.3. The van der Waals surface area contributed by atoms with Gasteiger partial charge in [-0.3, -0.25) is 4.79 Å². The van der Waals surface area contributed by atoms with Gasteiger partial charge in [0, 0.05) is 19.1 Å². The van der Waals surface area contributed by atoms with Crippen LogP contribution in [0.1, 0.15) is 29.8 Å². The summed E-state index contributed by atoms with van der Waals surface area (Å²) in [5.74, 6) is 0.417. The number of nitrogens with one attached hydrogen (secondary N) is 1. The lowest BCUT2D eigenvalue weighted by Gasteiger charge is -2.14. The first kappa shape index (κ1) is 14.4. The van der Waals surface area contributed by atoms with E-state index in [2.05, 4.69) is 20.4 Å². The first-order valence-corrected chi connectivity index (χ1v) is 8.29. The third kappa shape index (κ3) is 3.27. The first-order chi connectivity index (χ1) is 11.3. The number of carbonyl (C=O) groups is 1. The number of rotatable bonds is 5. The molecule has 23 heavy (non-hydrogen) atoms. The number of para-hydroxylation sites is 1. The molecule has 2 heterocycles. The molecule has 1 atom stereocenters. The summed E-state index contributed by atoms with van der Waals surface area (Å²) >= 11 is 0. The zero-order valence-corrected chi connectivity index (χ0v) is 13.1. The number of likely N-dealkylation sites (tertiary alicyclic amines) is 1. The van der Waals surface area contributed by atoms with E-state index in [0.717, 1.165) is 24.8 Å². The molecule has 1 aliphatic heterocycles. The number of aromatic nitrogens is 3. The predicted octanol–water partition coefficient (Wildman–Crippen LogP) is 1.48. The van der Waals surface area contributed by atoms with Crippen molar-refractivity contribution in [3.05, 3.63) is 42.2 Å². The fourth-order valence-electron chi connectivity index (χ4n) is 3.18. The van der Waals surface area contributed by atoms with E-state index in [1.54, 1.807) is 0 Å². The van der Waals surface area contributed by atoms with Crippen molar-refractivity contribution in [2.45, 2.75) is 25.3 Å². The smallest absolute Gasteiger partial charge is 0.273 e. The normalized spacial score (nSPS) is 21.5. The molecule has 1 N–H and O–H groups in total. The van der Waals surface area contributed by atoms with Gasteiger partial charge in [0.15, 0.2) is 5.69 Å². The van der Waals surface area contributed by atoms with E-state index in [-0.39, 0.29) is 5.91 Å². The first-order valence-electron chi connectivity index (χ1n) is 8.29. The fourth-order valence-corrected chi connectivity index (χ4v) is 3.18. The van der Waals surface area contributed by atoms with Crippen LogP contribution in [-0.2, 0) is 0 Å². The summed E-state index contributed by atoms with van der Waals surface area (Å²) in [7, 11) is 0. The molecule has 1 saturated carbocycles. The van der Waals surface area contributed by atoms with E-state index in [0.29, 0.717) is 11.6 Å². The highest BCUT2D eigenvalue weighted by molar-refractivity contribution is 5.91. The van der Waals surface area contributed by atoms with Gasteiger partial charge in [0.25, 0.3) is 5.91 Å². The molecule has 0 bridgehead atoms. The van der Waals surface area contributed by atoms with E-state index >= 15 is 0 Å². The quantitative estimate of drug-likeness (QED) is 0.908. The Kier molecular flexibility index (Phi) is 3.83. The minimum atomic E-state index is -0.142. The standard InChI is InChI=1S/C17H21N5O/c23-17(18-10-13-8-9-21(12-13)14-6-7-14)16-11-19-22(20-16)15-4-2-1-3-5-15/h1-5,11,13-14H,6-10,12H2,(H,18,23)/t13-/m1/s1. The van der Waals surface area contributed by atoms with Gasteiger partial charge in [-0.2, -0.15) is 9.90 Å². The molecule has 6 nitrogen and oxygen atoms in total. The molecule has 1 aliphatic carbocycles. The average Bonchev–Trinajstić information content (AvgIpc) is 3.14. The second-order valence-electron chi connectivity index (χ2n) is 6.45. The summed E-state index contributed by atoms with van der Waals surface area (Å²) < 4.78 is 0. The molecule has 0 spiro atoms. The number of amides is 1. The SMILES string of the molecule is O=C(NC[C@H]1CCN(C2CC2)C1)c1cnn(-c2ccccc2)n1. The van der Waals surface area contributed by atoms with Gasteiger partial charge in [-0.15, -0.1) is 5.10 Å². The van der Waals surface area contributed by atoms with Crippen molar-refractivity contribution >= 4 is 5.91 Å². The maximum Gasteiger partial charge on any atom is 0.273 e. The van der Waals surface area contributed by atoms with Crippen molar-refractivity contribution in [3.63, 3.8) is 0 Å². The van der Waals surface area contributed by atoms with Crippen LogP contribution in [0.2, 0.25) is 0 Å². The predicted molar refractivity (Wildman–Crippen MR) is 86.4 cm³/mol. The lowest BCUT2D eigenvalue weighted by molar-refractivity contribution is 0.0942. The largest absolute Gasteiger partial charge is 0.350 e. The zero-order valence-electron chi connectivity index (χ0n) is 13.1. The summed E-state index contributed by atoms with van der Waals surface area (Å²) in [5.41, 5.74) is 1.22. The molecule has 2 aromatic rings. The van der Waals surface area contributed by atoms with Gasteiger partial charge in [-0.25, -0.2) is 0 Å². The third-order valence-electron chi connectivity index (χ3n) is 4.64. The molecule has 2 fully saturated rings. The zero-order chi connectivity index (χ0) is 15.6. The second kappa shape index (κ2) is 6.12. The van der Waals surface area contributed by atoms with Crippen molar-refractivity contribution in [2.75, 3.05) is 19.6 Å². The number of carbonyl (C=O) groups excluding carboxylic acids is 1. The van der Waals surface area contributed by atoms with E-state index in [1.165, 1.54) is 36.8 Å². The molecular weight excluding hydrogens is 290 g/mol. The Labute approximate surface area is 135 Å². The van der Waals surface area contributed by atoms with Crippen molar-refractivity contribution in [1.82, 2.24) is 25.2 Å². The minimum Gasteiger partial charge on any atom is -0.350 e. The summed E-state index contributed by atoms with van der Waals surface area (Å²) in [6.45, 7) is 3.01. The number of nitrogens with zero attached hydrogens (tertiary/aromatic N) is 4. The van der Waals surface area contributed by atoms with E-state index < -0.39 is 0 Å². The van der Waals surface area contributed by atoms with Gasteiger partial charge in [0.2, 0.25) is 0 Å². The molecule has 1 aromatic heterocycles. The monoisotopic (exact) mass is 311 g/mol. The maximum absolute atomic E-state index is 12.2. The molecule has 4 rings (SSSR count). The Morgan fingerprint density at radius 3 is 2.83 bits per heavy atom. The molecule has 2 aliphatic rings. The Morgan fingerprint density at radius 2 is 2.04 bits per heavy atom. The Hall–Kier alpha value is -2.21. The highest BCUT2D eigenvalue weighted by Crippen LogP contribution is 2.31. The van der Waals surface area contributed by atoms with Gasteiger partial charge in [-0.05, 0) is 43.9 Å². The van der Waals surface area contributed by atoms with Crippen LogP contribution in [0, 0.1) is 5.92 Å². The molecular formula is C17H21N5O. The molecule has 1 amide bonds. The summed E-state index contributed by atoms with van der Waals surface area (Å²) in [6.07, 6.45) is 5.39. The lowest BCUT2D eigenvalue weighted by Crippen LogP contribution is -2.31. The topological polar surface area (TPSA) is 63.1 Å². The second-order valence-corrected chi connectivity index (χ2v) is 6.45. The van der Waals surface area contributed by atoms with Crippen molar-refractivity contribution in [3.8, 4) is 5.69 Å². The molecule has 1 saturated heterocycles. The Morgan fingerprint density at radius 1 is 1.22 bits per heavy atom. The highest BCUT2D eigenvalue weighted by Gasteiger charge is 2.34.